The number of rotatable bonds is 4. The van der Waals surface area contributed by atoms with Crippen molar-refractivity contribution in [1.82, 2.24) is 5.32 Å². The fourth-order valence-corrected chi connectivity index (χ4v) is 5.38. The predicted molar refractivity (Wildman–Crippen MR) is 122 cm³/mol. The molecule has 0 bridgehead atoms. The van der Waals surface area contributed by atoms with Crippen molar-refractivity contribution in [1.29, 1.82) is 0 Å². The van der Waals surface area contributed by atoms with Gasteiger partial charge in [-0.3, -0.25) is 9.59 Å². The van der Waals surface area contributed by atoms with E-state index < -0.39 is 15.9 Å². The average Bonchev–Trinajstić information content (AvgIpc) is 3.61. The second-order valence-corrected chi connectivity index (χ2v) is 9.95. The van der Waals surface area contributed by atoms with Crippen molar-refractivity contribution in [3.05, 3.63) is 53.6 Å². The minimum absolute atomic E-state index is 0.0376. The molecule has 0 spiro atoms. The zero-order valence-electron chi connectivity index (χ0n) is 17.5. The number of hydrogen-bond donors (Lipinski definition) is 2. The normalized spacial score (nSPS) is 19.1. The van der Waals surface area contributed by atoms with Crippen LogP contribution in [-0.4, -0.2) is 38.7 Å². The van der Waals surface area contributed by atoms with Gasteiger partial charge in [0, 0.05) is 24.6 Å². The van der Waals surface area contributed by atoms with E-state index in [1.807, 2.05) is 4.90 Å². The highest BCUT2D eigenvalue weighted by atomic mass is 32.2. The number of amides is 2. The predicted octanol–water partition coefficient (Wildman–Crippen LogP) is 3.31. The van der Waals surface area contributed by atoms with Crippen LogP contribution in [0, 0.1) is 0 Å². The Kier molecular flexibility index (Phi) is 5.21. The number of carbonyl (C=O) groups excluding carboxylic acids is 2. The Morgan fingerprint density at radius 3 is 2.62 bits per heavy atom. The number of amidine groups is 1. The number of fused-ring (bicyclic) bond motifs is 3. The molecule has 9 heteroatoms. The van der Waals surface area contributed by atoms with Gasteiger partial charge in [-0.25, -0.2) is 0 Å². The second kappa shape index (κ2) is 8.05. The van der Waals surface area contributed by atoms with E-state index in [1.54, 1.807) is 36.4 Å². The lowest BCUT2D eigenvalue weighted by Gasteiger charge is -2.29. The number of sulfonamides is 1. The zero-order chi connectivity index (χ0) is 22.3. The zero-order valence-corrected chi connectivity index (χ0v) is 18.3. The highest BCUT2D eigenvalue weighted by Gasteiger charge is 2.32. The lowest BCUT2D eigenvalue weighted by atomic mass is 10.1. The van der Waals surface area contributed by atoms with Crippen molar-refractivity contribution in [2.75, 3.05) is 16.8 Å². The molecular weight excluding hydrogens is 428 g/mol. The summed E-state index contributed by atoms with van der Waals surface area (Å²) in [5.74, 6) is -0.150. The molecule has 2 aliphatic heterocycles. The molecule has 0 aromatic heterocycles. The van der Waals surface area contributed by atoms with Crippen LogP contribution in [0.2, 0.25) is 0 Å². The first-order chi connectivity index (χ1) is 15.4. The van der Waals surface area contributed by atoms with E-state index >= 15 is 0 Å². The van der Waals surface area contributed by atoms with Crippen molar-refractivity contribution in [2.45, 2.75) is 49.5 Å². The molecule has 8 nitrogen and oxygen atoms in total. The summed E-state index contributed by atoms with van der Waals surface area (Å²) < 4.78 is 29.7. The van der Waals surface area contributed by atoms with Gasteiger partial charge in [0.05, 0.1) is 16.9 Å². The van der Waals surface area contributed by atoms with Crippen molar-refractivity contribution in [2.24, 2.45) is 4.40 Å². The van der Waals surface area contributed by atoms with Gasteiger partial charge < -0.3 is 15.5 Å². The van der Waals surface area contributed by atoms with Gasteiger partial charge in [-0.1, -0.05) is 18.6 Å². The number of hydrogen-bond acceptors (Lipinski definition) is 5. The molecule has 1 aliphatic carbocycles. The molecule has 2 N–H and O–H groups in total. The van der Waals surface area contributed by atoms with Crippen LogP contribution < -0.4 is 15.5 Å². The molecule has 2 aromatic carbocycles. The van der Waals surface area contributed by atoms with Crippen molar-refractivity contribution in [3.8, 4) is 0 Å². The molecule has 0 atom stereocenters. The lowest BCUT2D eigenvalue weighted by Crippen LogP contribution is -2.35. The Labute approximate surface area is 186 Å². The standard InChI is InChI=1S/C23H24N4O4S/c28-22(25-18-7-4-3-6-17(18)23(29)24-16-10-11-16)15-9-12-19-20(14-15)32(30,31)26-21-8-2-1-5-13-27(19)21/h3-4,6-7,9,12,14,16H,1-2,5,8,10-11,13H2,(H,24,29)(H,25,28). The van der Waals surface area contributed by atoms with Crippen LogP contribution in [0.25, 0.3) is 0 Å². The quantitative estimate of drug-likeness (QED) is 0.740. The van der Waals surface area contributed by atoms with Gasteiger partial charge in [0.1, 0.15) is 10.7 Å². The number of anilines is 2. The van der Waals surface area contributed by atoms with Crippen molar-refractivity contribution >= 4 is 39.0 Å². The summed E-state index contributed by atoms with van der Waals surface area (Å²) in [6.07, 6.45) is 5.45. The summed E-state index contributed by atoms with van der Waals surface area (Å²) in [7, 11) is -3.88. The molecule has 1 saturated heterocycles. The maximum absolute atomic E-state index is 13.0. The molecule has 166 valence electrons. The number of nitrogens with zero attached hydrogens (tertiary/aromatic N) is 2. The second-order valence-electron chi connectivity index (χ2n) is 8.37. The summed E-state index contributed by atoms with van der Waals surface area (Å²) in [5.41, 5.74) is 1.51. The number of benzene rings is 2. The fraction of sp³-hybridized carbons (Fsp3) is 0.348. The van der Waals surface area contributed by atoms with E-state index in [1.165, 1.54) is 6.07 Å². The summed E-state index contributed by atoms with van der Waals surface area (Å²) in [4.78, 5) is 27.5. The Morgan fingerprint density at radius 1 is 1.00 bits per heavy atom. The molecule has 0 radical (unpaired) electrons. The van der Waals surface area contributed by atoms with E-state index in [9.17, 15) is 18.0 Å². The topological polar surface area (TPSA) is 108 Å². The van der Waals surface area contributed by atoms with Crippen LogP contribution in [0.4, 0.5) is 11.4 Å². The number of carbonyl (C=O) groups is 2. The molecular formula is C23H24N4O4S. The van der Waals surface area contributed by atoms with Crippen molar-refractivity contribution < 1.29 is 18.0 Å². The molecule has 2 amide bonds. The summed E-state index contributed by atoms with van der Waals surface area (Å²) in [6, 6.07) is 11.6. The largest absolute Gasteiger partial charge is 0.349 e. The van der Waals surface area contributed by atoms with E-state index in [-0.39, 0.29) is 22.4 Å². The lowest BCUT2D eigenvalue weighted by molar-refractivity contribution is 0.0952. The molecule has 32 heavy (non-hydrogen) atoms. The Balaban J connectivity index is 1.43. The van der Waals surface area contributed by atoms with Gasteiger partial charge in [-0.15, -0.1) is 4.40 Å². The van der Waals surface area contributed by atoms with Crippen LogP contribution in [0.15, 0.2) is 51.8 Å². The molecule has 3 aliphatic rings. The monoisotopic (exact) mass is 452 g/mol. The Hall–Kier alpha value is -3.20. The van der Waals surface area contributed by atoms with Crippen LogP contribution in [0.5, 0.6) is 0 Å². The minimum atomic E-state index is -3.88. The smallest absolute Gasteiger partial charge is 0.286 e. The maximum atomic E-state index is 13.0. The fourth-order valence-electron chi connectivity index (χ4n) is 4.10. The maximum Gasteiger partial charge on any atom is 0.286 e. The number of para-hydroxylation sites is 1. The van der Waals surface area contributed by atoms with Crippen LogP contribution >= 0.6 is 0 Å². The molecule has 2 heterocycles. The van der Waals surface area contributed by atoms with Crippen LogP contribution in [-0.2, 0) is 10.0 Å². The van der Waals surface area contributed by atoms with Gasteiger partial charge in [0.15, 0.2) is 0 Å². The Bertz CT molecular complexity index is 1230. The third kappa shape index (κ3) is 4.00. The third-order valence-corrected chi connectivity index (χ3v) is 7.28. The molecule has 2 aromatic rings. The molecule has 0 unspecified atom stereocenters. The first-order valence-corrected chi connectivity index (χ1v) is 12.3. The van der Waals surface area contributed by atoms with E-state index in [0.717, 1.165) is 32.1 Å². The van der Waals surface area contributed by atoms with E-state index in [4.69, 9.17) is 0 Å². The van der Waals surface area contributed by atoms with Gasteiger partial charge in [0.25, 0.3) is 21.8 Å². The summed E-state index contributed by atoms with van der Waals surface area (Å²) in [6.45, 7) is 0.705. The first kappa shape index (κ1) is 20.7. The van der Waals surface area contributed by atoms with Gasteiger partial charge in [-0.2, -0.15) is 8.42 Å². The molecule has 2 fully saturated rings. The van der Waals surface area contributed by atoms with E-state index in [0.29, 0.717) is 35.7 Å². The minimum Gasteiger partial charge on any atom is -0.349 e. The van der Waals surface area contributed by atoms with Crippen LogP contribution in [0.3, 0.4) is 0 Å². The van der Waals surface area contributed by atoms with Gasteiger partial charge in [-0.05, 0) is 56.0 Å². The first-order valence-electron chi connectivity index (χ1n) is 10.9. The molecule has 1 saturated carbocycles. The van der Waals surface area contributed by atoms with E-state index in [2.05, 4.69) is 15.0 Å². The number of nitrogens with one attached hydrogen (secondary N) is 2. The third-order valence-electron chi connectivity index (χ3n) is 5.94. The SMILES string of the molecule is O=C(Nc1ccccc1C(=O)NC1CC1)c1ccc2c(c1)S(=O)(=O)N=C1CCCCCN12. The molecule has 5 rings (SSSR count). The summed E-state index contributed by atoms with van der Waals surface area (Å²) in [5, 5.41) is 5.67. The van der Waals surface area contributed by atoms with Crippen LogP contribution in [0.1, 0.15) is 59.2 Å². The van der Waals surface area contributed by atoms with Crippen molar-refractivity contribution in [3.63, 3.8) is 0 Å². The average molecular weight is 453 g/mol. The van der Waals surface area contributed by atoms with Gasteiger partial charge in [0.2, 0.25) is 0 Å². The highest BCUT2D eigenvalue weighted by molar-refractivity contribution is 7.90. The summed E-state index contributed by atoms with van der Waals surface area (Å²) >= 11 is 0. The Morgan fingerprint density at radius 2 is 1.81 bits per heavy atom. The highest BCUT2D eigenvalue weighted by Crippen LogP contribution is 2.35. The van der Waals surface area contributed by atoms with Gasteiger partial charge >= 0.3 is 0 Å².